The first-order chi connectivity index (χ1) is 7.09. The van der Waals surface area contributed by atoms with Crippen LogP contribution >= 0.6 is 0 Å². The lowest BCUT2D eigenvalue weighted by Crippen LogP contribution is -2.05. The zero-order valence-electron chi connectivity index (χ0n) is 10.2. The number of hydrogen-bond donors (Lipinski definition) is 1. The molecule has 15 heavy (non-hydrogen) atoms. The van der Waals surface area contributed by atoms with Crippen LogP contribution in [0.4, 0.5) is 0 Å². The van der Waals surface area contributed by atoms with Crippen molar-refractivity contribution in [1.82, 2.24) is 0 Å². The molecule has 0 aromatic rings. The number of hydrogen-bond acceptors (Lipinski definition) is 3. The molecule has 90 valence electrons. The monoisotopic (exact) mass is 216 g/mol. The number of carbonyl (C=O) groups is 1. The average molecular weight is 216 g/mol. The molecule has 0 aliphatic rings. The van der Waals surface area contributed by atoms with E-state index in [0.29, 0.717) is 18.8 Å². The zero-order chi connectivity index (χ0) is 12.1. The van der Waals surface area contributed by atoms with Crippen molar-refractivity contribution in [3.8, 4) is 0 Å². The number of esters is 1. The molecule has 3 nitrogen and oxygen atoms in total. The highest BCUT2D eigenvalue weighted by Crippen LogP contribution is 1.94. The van der Waals surface area contributed by atoms with Gasteiger partial charge in [-0.2, -0.15) is 0 Å². The van der Waals surface area contributed by atoms with Gasteiger partial charge < -0.3 is 9.84 Å². The van der Waals surface area contributed by atoms with Crippen LogP contribution in [-0.2, 0) is 9.53 Å². The summed E-state index contributed by atoms with van der Waals surface area (Å²) in [5, 5.41) is 8.07. The Labute approximate surface area is 93.1 Å². The predicted molar refractivity (Wildman–Crippen MR) is 62.7 cm³/mol. The fraction of sp³-hybridized carbons (Fsp3) is 0.750. The van der Waals surface area contributed by atoms with Crippen LogP contribution in [-0.4, -0.2) is 24.3 Å². The number of rotatable bonds is 6. The molecule has 0 amide bonds. The van der Waals surface area contributed by atoms with Crippen LogP contribution in [0.5, 0.6) is 0 Å². The topological polar surface area (TPSA) is 46.5 Å². The van der Waals surface area contributed by atoms with Crippen LogP contribution in [0.3, 0.4) is 0 Å². The van der Waals surface area contributed by atoms with E-state index in [0.717, 1.165) is 25.7 Å². The first kappa shape index (κ1) is 16.6. The zero-order valence-corrected chi connectivity index (χ0v) is 10.2. The fourth-order valence-corrected chi connectivity index (χ4v) is 0.591. The highest BCUT2D eigenvalue weighted by molar-refractivity contribution is 5.86. The molecular weight excluding hydrogens is 192 g/mol. The summed E-state index contributed by atoms with van der Waals surface area (Å²) < 4.78 is 4.81. The van der Waals surface area contributed by atoms with E-state index in [-0.39, 0.29) is 5.97 Å². The van der Waals surface area contributed by atoms with Crippen molar-refractivity contribution in [3.63, 3.8) is 0 Å². The van der Waals surface area contributed by atoms with Crippen LogP contribution in [0.1, 0.15) is 46.5 Å². The van der Waals surface area contributed by atoms with Crippen LogP contribution in [0.25, 0.3) is 0 Å². The van der Waals surface area contributed by atoms with Gasteiger partial charge in [-0.1, -0.05) is 33.3 Å². The molecule has 0 unspecified atom stereocenters. The summed E-state index contributed by atoms with van der Waals surface area (Å²) in [5.74, 6) is -0.284. The molecule has 0 saturated heterocycles. The summed E-state index contributed by atoms with van der Waals surface area (Å²) in [5.41, 5.74) is 0.469. The molecule has 0 fully saturated rings. The molecule has 1 N–H and O–H groups in total. The SMILES string of the molecule is C=C(C)C(=O)OCCCC.CCCCO. The Morgan fingerprint density at radius 2 is 1.80 bits per heavy atom. The standard InChI is InChI=1S/C8H14O2.C4H10O/c1-4-5-6-10-8(9)7(2)3;1-2-3-4-5/h2,4-6H2,1,3H3;5H,2-4H2,1H3. The minimum absolute atomic E-state index is 0.284. The molecule has 0 aromatic carbocycles. The van der Waals surface area contributed by atoms with E-state index < -0.39 is 0 Å². The lowest BCUT2D eigenvalue weighted by Gasteiger charge is -2.01. The number of ether oxygens (including phenoxy) is 1. The minimum Gasteiger partial charge on any atom is -0.462 e. The van der Waals surface area contributed by atoms with E-state index in [9.17, 15) is 4.79 Å². The van der Waals surface area contributed by atoms with Crippen LogP contribution in [0, 0.1) is 0 Å². The van der Waals surface area contributed by atoms with Gasteiger partial charge in [-0.3, -0.25) is 0 Å². The Kier molecular flexibility index (Phi) is 14.6. The first-order valence-corrected chi connectivity index (χ1v) is 5.53. The fourth-order valence-electron chi connectivity index (χ4n) is 0.591. The highest BCUT2D eigenvalue weighted by Gasteiger charge is 2.00. The number of aliphatic hydroxyl groups is 1. The van der Waals surface area contributed by atoms with Crippen molar-refractivity contribution in [2.45, 2.75) is 46.5 Å². The summed E-state index contributed by atoms with van der Waals surface area (Å²) in [6, 6.07) is 0. The third-order valence-electron chi connectivity index (χ3n) is 1.59. The smallest absolute Gasteiger partial charge is 0.333 e. The minimum atomic E-state index is -0.284. The summed E-state index contributed by atoms with van der Waals surface area (Å²) >= 11 is 0. The van der Waals surface area contributed by atoms with E-state index in [4.69, 9.17) is 9.84 Å². The van der Waals surface area contributed by atoms with E-state index in [2.05, 4.69) is 20.4 Å². The highest BCUT2D eigenvalue weighted by atomic mass is 16.5. The van der Waals surface area contributed by atoms with E-state index in [1.807, 2.05) is 0 Å². The second-order valence-corrected chi connectivity index (χ2v) is 3.35. The molecule has 0 aliphatic heterocycles. The lowest BCUT2D eigenvalue weighted by molar-refractivity contribution is -0.139. The molecule has 0 spiro atoms. The van der Waals surface area contributed by atoms with Gasteiger partial charge in [-0.15, -0.1) is 0 Å². The van der Waals surface area contributed by atoms with Crippen molar-refractivity contribution in [3.05, 3.63) is 12.2 Å². The van der Waals surface area contributed by atoms with Gasteiger partial charge in [-0.05, 0) is 19.8 Å². The van der Waals surface area contributed by atoms with Gasteiger partial charge in [-0.25, -0.2) is 4.79 Å². The summed E-state index contributed by atoms with van der Waals surface area (Å²) in [4.78, 5) is 10.7. The van der Waals surface area contributed by atoms with Crippen molar-refractivity contribution in [2.24, 2.45) is 0 Å². The number of aliphatic hydroxyl groups excluding tert-OH is 1. The maximum absolute atomic E-state index is 10.7. The van der Waals surface area contributed by atoms with E-state index in [1.165, 1.54) is 0 Å². The molecule has 0 bridgehead atoms. The van der Waals surface area contributed by atoms with Crippen molar-refractivity contribution < 1.29 is 14.6 Å². The van der Waals surface area contributed by atoms with Gasteiger partial charge in [0.25, 0.3) is 0 Å². The molecule has 0 aliphatic carbocycles. The molecule has 0 rings (SSSR count). The summed E-state index contributed by atoms with van der Waals surface area (Å²) in [6.45, 7) is 10.1. The van der Waals surface area contributed by atoms with Gasteiger partial charge in [0.15, 0.2) is 0 Å². The summed E-state index contributed by atoms with van der Waals surface area (Å²) in [7, 11) is 0. The summed E-state index contributed by atoms with van der Waals surface area (Å²) in [6.07, 6.45) is 4.01. The molecule has 0 aromatic heterocycles. The number of unbranched alkanes of at least 4 members (excludes halogenated alkanes) is 2. The Hall–Kier alpha value is -0.830. The molecule has 0 heterocycles. The largest absolute Gasteiger partial charge is 0.462 e. The third-order valence-corrected chi connectivity index (χ3v) is 1.59. The average Bonchev–Trinajstić information content (AvgIpc) is 2.20. The second-order valence-electron chi connectivity index (χ2n) is 3.35. The van der Waals surface area contributed by atoms with E-state index >= 15 is 0 Å². The van der Waals surface area contributed by atoms with Crippen molar-refractivity contribution in [2.75, 3.05) is 13.2 Å². The maximum atomic E-state index is 10.7. The van der Waals surface area contributed by atoms with Crippen molar-refractivity contribution >= 4 is 5.97 Å². The maximum Gasteiger partial charge on any atom is 0.333 e. The Morgan fingerprint density at radius 1 is 1.27 bits per heavy atom. The van der Waals surface area contributed by atoms with Gasteiger partial charge in [0.1, 0.15) is 0 Å². The molecule has 3 heteroatoms. The predicted octanol–water partition coefficient (Wildman–Crippen LogP) is 2.68. The molecular formula is C12H24O3. The third kappa shape index (κ3) is 15.9. The molecule has 0 radical (unpaired) electrons. The lowest BCUT2D eigenvalue weighted by atomic mass is 10.3. The van der Waals surface area contributed by atoms with Crippen LogP contribution in [0.15, 0.2) is 12.2 Å². The molecule has 0 saturated carbocycles. The van der Waals surface area contributed by atoms with E-state index in [1.54, 1.807) is 6.92 Å². The van der Waals surface area contributed by atoms with Crippen LogP contribution < -0.4 is 0 Å². The van der Waals surface area contributed by atoms with Gasteiger partial charge >= 0.3 is 5.97 Å². The van der Waals surface area contributed by atoms with Crippen molar-refractivity contribution in [1.29, 1.82) is 0 Å². The number of carbonyl (C=O) groups excluding carboxylic acids is 1. The quantitative estimate of drug-likeness (QED) is 0.422. The molecule has 0 atom stereocenters. The Morgan fingerprint density at radius 3 is 2.07 bits per heavy atom. The Bertz CT molecular complexity index is 162. The van der Waals surface area contributed by atoms with Gasteiger partial charge in [0.05, 0.1) is 6.61 Å². The van der Waals surface area contributed by atoms with Gasteiger partial charge in [0.2, 0.25) is 0 Å². The normalized spacial score (nSPS) is 8.80. The van der Waals surface area contributed by atoms with Gasteiger partial charge in [0, 0.05) is 12.2 Å². The first-order valence-electron chi connectivity index (χ1n) is 5.53. The van der Waals surface area contributed by atoms with Crippen LogP contribution in [0.2, 0.25) is 0 Å². The Balaban J connectivity index is 0. The second kappa shape index (κ2) is 13.2.